The number of aryl methyl sites for hydroxylation is 1. The number of nitrogens with one attached hydrogen (secondary N) is 1. The van der Waals surface area contributed by atoms with Crippen molar-refractivity contribution in [2.45, 2.75) is 19.2 Å². The van der Waals surface area contributed by atoms with Gasteiger partial charge in [0.15, 0.2) is 10.9 Å². The second kappa shape index (κ2) is 10.2. The molecule has 1 amide bonds. The number of thiazole rings is 1. The van der Waals surface area contributed by atoms with Crippen LogP contribution in [0.1, 0.15) is 23.2 Å². The molecule has 3 heterocycles. The topological polar surface area (TPSA) is 92.6 Å². The Kier molecular flexibility index (Phi) is 6.97. The summed E-state index contributed by atoms with van der Waals surface area (Å²) in [4.78, 5) is 38.3. The van der Waals surface area contributed by atoms with Gasteiger partial charge >= 0.3 is 6.36 Å². The third-order valence-electron chi connectivity index (χ3n) is 6.44. The van der Waals surface area contributed by atoms with Gasteiger partial charge in [0, 0.05) is 57.7 Å². The molecule has 1 aliphatic rings. The number of carbonyl (C=O) groups excluding carboxylic acids is 2. The highest BCUT2D eigenvalue weighted by atomic mass is 32.1. The molecule has 2 aromatic heterocycles. The van der Waals surface area contributed by atoms with Crippen LogP contribution in [0.4, 0.5) is 24.3 Å². The van der Waals surface area contributed by atoms with Crippen molar-refractivity contribution in [3.8, 4) is 5.75 Å². The van der Waals surface area contributed by atoms with Crippen molar-refractivity contribution in [2.75, 3.05) is 38.5 Å². The zero-order valence-electron chi connectivity index (χ0n) is 20.7. The van der Waals surface area contributed by atoms with Crippen molar-refractivity contribution in [1.82, 2.24) is 24.3 Å². The van der Waals surface area contributed by atoms with Crippen LogP contribution < -0.4 is 10.1 Å². The van der Waals surface area contributed by atoms with Gasteiger partial charge in [-0.25, -0.2) is 9.97 Å². The maximum atomic E-state index is 12.8. The van der Waals surface area contributed by atoms with E-state index < -0.39 is 6.36 Å². The predicted molar refractivity (Wildman–Crippen MR) is 138 cm³/mol. The maximum absolute atomic E-state index is 12.8. The molecule has 0 spiro atoms. The molecule has 0 radical (unpaired) electrons. The van der Waals surface area contributed by atoms with Crippen LogP contribution in [0.15, 0.2) is 36.4 Å². The standard InChI is InChI=1S/C25H25F3N6O3S/c1-32-9-11-34(12-10-32)22(36)8-7-20(35)15-3-6-19-18(13-15)29-23(33(19)2)31-24-30-17-5-4-16(14-21(17)38-24)37-25(26,27)28/h3-6,13-14H,7-12H2,1-2H3,(H,29,30,31). The van der Waals surface area contributed by atoms with Crippen molar-refractivity contribution < 1.29 is 27.5 Å². The van der Waals surface area contributed by atoms with E-state index in [9.17, 15) is 22.8 Å². The second-order valence-corrected chi connectivity index (χ2v) is 10.2. The summed E-state index contributed by atoms with van der Waals surface area (Å²) in [5.74, 6) is 0.00777. The largest absolute Gasteiger partial charge is 0.573 e. The van der Waals surface area contributed by atoms with Crippen molar-refractivity contribution >= 4 is 55.4 Å². The first kappa shape index (κ1) is 25.9. The van der Waals surface area contributed by atoms with Gasteiger partial charge in [0.1, 0.15) is 5.75 Å². The molecule has 5 rings (SSSR count). The highest BCUT2D eigenvalue weighted by Gasteiger charge is 2.31. The Morgan fingerprint density at radius 3 is 2.50 bits per heavy atom. The summed E-state index contributed by atoms with van der Waals surface area (Å²) in [6.45, 7) is 3.01. The number of rotatable bonds is 7. The minimum absolute atomic E-state index is 0.00947. The second-order valence-electron chi connectivity index (χ2n) is 9.13. The summed E-state index contributed by atoms with van der Waals surface area (Å²) in [5.41, 5.74) is 2.36. The number of hydrogen-bond donors (Lipinski definition) is 1. The van der Waals surface area contributed by atoms with Crippen molar-refractivity contribution in [3.05, 3.63) is 42.0 Å². The van der Waals surface area contributed by atoms with Gasteiger partial charge in [-0.1, -0.05) is 11.3 Å². The molecule has 0 unspecified atom stereocenters. The number of piperazine rings is 1. The number of ketones is 1. The first-order valence-corrected chi connectivity index (χ1v) is 12.8. The van der Waals surface area contributed by atoms with E-state index in [1.165, 1.54) is 18.2 Å². The molecule has 1 saturated heterocycles. The quantitative estimate of drug-likeness (QED) is 0.340. The van der Waals surface area contributed by atoms with Crippen molar-refractivity contribution in [1.29, 1.82) is 0 Å². The lowest BCUT2D eigenvalue weighted by Gasteiger charge is -2.32. The smallest absolute Gasteiger partial charge is 0.406 e. The van der Waals surface area contributed by atoms with E-state index in [0.717, 1.165) is 29.9 Å². The molecular weight excluding hydrogens is 521 g/mol. The zero-order valence-corrected chi connectivity index (χ0v) is 21.5. The Bertz CT molecular complexity index is 1510. The number of benzene rings is 2. The van der Waals surface area contributed by atoms with Crippen LogP contribution in [-0.4, -0.2) is 75.6 Å². The fourth-order valence-electron chi connectivity index (χ4n) is 4.31. The van der Waals surface area contributed by atoms with Gasteiger partial charge < -0.3 is 24.4 Å². The Morgan fingerprint density at radius 2 is 1.76 bits per heavy atom. The van der Waals surface area contributed by atoms with Crippen LogP contribution in [0.25, 0.3) is 21.3 Å². The van der Waals surface area contributed by atoms with Crippen LogP contribution in [0.2, 0.25) is 0 Å². The van der Waals surface area contributed by atoms with Crippen molar-refractivity contribution in [2.24, 2.45) is 7.05 Å². The number of anilines is 2. The van der Waals surface area contributed by atoms with Gasteiger partial charge in [0.25, 0.3) is 0 Å². The lowest BCUT2D eigenvalue weighted by molar-refractivity contribution is -0.274. The Hall–Kier alpha value is -3.71. The number of hydrogen-bond acceptors (Lipinski definition) is 8. The Morgan fingerprint density at radius 1 is 1.00 bits per heavy atom. The number of aromatic nitrogens is 3. The zero-order chi connectivity index (χ0) is 27.0. The highest BCUT2D eigenvalue weighted by Crippen LogP contribution is 2.33. The minimum atomic E-state index is -4.77. The van der Waals surface area contributed by atoms with Gasteiger partial charge in [-0.3, -0.25) is 9.59 Å². The SMILES string of the molecule is CN1CCN(C(=O)CCC(=O)c2ccc3c(c2)nc(Nc2nc4ccc(OC(F)(F)F)cc4s2)n3C)CC1. The number of Topliss-reactive ketones (excluding diaryl/α,β-unsaturated/α-hetero) is 1. The van der Waals surface area contributed by atoms with Crippen LogP contribution in [0, 0.1) is 0 Å². The number of ether oxygens (including phenoxy) is 1. The van der Waals surface area contributed by atoms with Gasteiger partial charge in [0.05, 0.1) is 21.3 Å². The molecule has 4 aromatic rings. The van der Waals surface area contributed by atoms with E-state index in [0.29, 0.717) is 45.5 Å². The van der Waals surface area contributed by atoms with E-state index in [1.54, 1.807) is 34.7 Å². The molecule has 1 fully saturated rings. The van der Waals surface area contributed by atoms with E-state index in [-0.39, 0.29) is 30.3 Å². The number of imidazole rings is 1. The van der Waals surface area contributed by atoms with Crippen LogP contribution in [-0.2, 0) is 11.8 Å². The van der Waals surface area contributed by atoms with Gasteiger partial charge in [0.2, 0.25) is 11.9 Å². The van der Waals surface area contributed by atoms with E-state index in [2.05, 4.69) is 24.9 Å². The molecular formula is C25H25F3N6O3S. The van der Waals surface area contributed by atoms with Gasteiger partial charge in [-0.2, -0.15) is 0 Å². The Labute approximate surface area is 219 Å². The third-order valence-corrected chi connectivity index (χ3v) is 7.37. The number of fused-ring (bicyclic) bond motifs is 2. The summed E-state index contributed by atoms with van der Waals surface area (Å²) in [6.07, 6.45) is -4.48. The average Bonchev–Trinajstić information content (AvgIpc) is 3.41. The molecule has 1 N–H and O–H groups in total. The summed E-state index contributed by atoms with van der Waals surface area (Å²) in [5, 5.41) is 3.55. The van der Waals surface area contributed by atoms with E-state index >= 15 is 0 Å². The summed E-state index contributed by atoms with van der Waals surface area (Å²) in [7, 11) is 3.82. The minimum Gasteiger partial charge on any atom is -0.406 e. The van der Waals surface area contributed by atoms with Gasteiger partial charge in [-0.05, 0) is 37.4 Å². The number of likely N-dealkylation sites (N-methyl/N-ethyl adjacent to an activating group) is 1. The maximum Gasteiger partial charge on any atom is 0.573 e. The summed E-state index contributed by atoms with van der Waals surface area (Å²) >= 11 is 1.16. The molecule has 9 nitrogen and oxygen atoms in total. The number of alkyl halides is 3. The van der Waals surface area contributed by atoms with Gasteiger partial charge in [-0.15, -0.1) is 13.2 Å². The fourth-order valence-corrected chi connectivity index (χ4v) is 5.20. The fraction of sp³-hybridized carbons (Fsp3) is 0.360. The molecule has 0 aliphatic carbocycles. The molecule has 1 aliphatic heterocycles. The summed E-state index contributed by atoms with van der Waals surface area (Å²) < 4.78 is 43.9. The van der Waals surface area contributed by atoms with Crippen LogP contribution in [0.3, 0.4) is 0 Å². The first-order valence-electron chi connectivity index (χ1n) is 11.9. The van der Waals surface area contributed by atoms with Crippen LogP contribution in [0.5, 0.6) is 5.75 Å². The summed E-state index contributed by atoms with van der Waals surface area (Å²) in [6, 6.07) is 9.17. The third kappa shape index (κ3) is 5.73. The average molecular weight is 547 g/mol. The lowest BCUT2D eigenvalue weighted by Crippen LogP contribution is -2.47. The number of nitrogens with zero attached hydrogens (tertiary/aromatic N) is 5. The first-order chi connectivity index (χ1) is 18.1. The lowest BCUT2D eigenvalue weighted by atomic mass is 10.1. The van der Waals surface area contributed by atoms with E-state index in [1.807, 2.05) is 7.05 Å². The van der Waals surface area contributed by atoms with Crippen molar-refractivity contribution in [3.63, 3.8) is 0 Å². The molecule has 38 heavy (non-hydrogen) atoms. The molecule has 13 heteroatoms. The van der Waals surface area contributed by atoms with E-state index in [4.69, 9.17) is 0 Å². The highest BCUT2D eigenvalue weighted by molar-refractivity contribution is 7.22. The number of carbonyl (C=O) groups is 2. The normalized spacial score (nSPS) is 14.8. The predicted octanol–water partition coefficient (Wildman–Crippen LogP) is 4.56. The Balaban J connectivity index is 1.27. The van der Waals surface area contributed by atoms with Crippen LogP contribution >= 0.6 is 11.3 Å². The number of amides is 1. The molecule has 0 saturated carbocycles. The molecule has 2 aromatic carbocycles. The molecule has 200 valence electrons. The monoisotopic (exact) mass is 546 g/mol. The molecule has 0 bridgehead atoms. The molecule has 0 atom stereocenters. The number of halogens is 3.